The van der Waals surface area contributed by atoms with E-state index in [1.807, 2.05) is 24.3 Å². The normalized spacial score (nSPS) is 16.6. The highest BCUT2D eigenvalue weighted by atomic mass is 35.5. The standard InChI is InChI=1S/C46H54ClN8O7P/c1-60-40-28-33(19-20-37(40)51-46-49-29-36(47)43(53-46)50-38-17-10-11-18-41(38)63(59,61-2)62-3)54-26-23-32(24-27-54)48-25-12-8-6-4-5-7-9-14-31-15-13-16-34-35(31)30-55(45(34)58)39-21-22-42(56)52-44(39)57/h10-11,13,15-20,28-29,32,39,48H,4-8,12,21-27,30H2,1-3H3,(H,52,56,57)(H2,49,50,51,53). The molecule has 3 aliphatic heterocycles. The molecule has 2 saturated heterocycles. The molecule has 4 N–H and O–H groups in total. The minimum Gasteiger partial charge on any atom is -0.494 e. The summed E-state index contributed by atoms with van der Waals surface area (Å²) in [6.07, 6.45) is 10.6. The number of benzene rings is 3. The highest BCUT2D eigenvalue weighted by molar-refractivity contribution is 7.62. The minimum atomic E-state index is -3.56. The number of imide groups is 1. The van der Waals surface area contributed by atoms with Crippen LogP contribution in [0.4, 0.5) is 28.8 Å². The molecule has 63 heavy (non-hydrogen) atoms. The summed E-state index contributed by atoms with van der Waals surface area (Å²) in [6, 6.07) is 18.4. The van der Waals surface area contributed by atoms with E-state index in [1.165, 1.54) is 26.8 Å². The van der Waals surface area contributed by atoms with Crippen molar-refractivity contribution in [3.63, 3.8) is 0 Å². The molecule has 0 spiro atoms. The van der Waals surface area contributed by atoms with Crippen LogP contribution in [0.25, 0.3) is 0 Å². The number of anilines is 5. The predicted octanol–water partition coefficient (Wildman–Crippen LogP) is 7.45. The van der Waals surface area contributed by atoms with Gasteiger partial charge in [-0.15, -0.1) is 0 Å². The van der Waals surface area contributed by atoms with Crippen molar-refractivity contribution in [1.29, 1.82) is 0 Å². The van der Waals surface area contributed by atoms with E-state index in [1.54, 1.807) is 42.3 Å². The number of fused-ring (bicyclic) bond motifs is 1. The molecule has 4 heterocycles. The number of carbonyl (C=O) groups is 3. The van der Waals surface area contributed by atoms with Crippen LogP contribution in [-0.4, -0.2) is 85.6 Å². The second-order valence-corrected chi connectivity index (χ2v) is 18.3. The largest absolute Gasteiger partial charge is 0.494 e. The Morgan fingerprint density at radius 3 is 2.46 bits per heavy atom. The van der Waals surface area contributed by atoms with Gasteiger partial charge in [-0.25, -0.2) is 4.98 Å². The molecule has 1 atom stereocenters. The van der Waals surface area contributed by atoms with Crippen molar-refractivity contribution in [3.8, 4) is 17.6 Å². The van der Waals surface area contributed by atoms with Gasteiger partial charge >= 0.3 is 7.60 Å². The Labute approximate surface area is 373 Å². The van der Waals surface area contributed by atoms with Crippen molar-refractivity contribution in [2.75, 3.05) is 56.5 Å². The molecule has 15 nitrogen and oxygen atoms in total. The number of hydrogen-bond acceptors (Lipinski definition) is 13. The lowest BCUT2D eigenvalue weighted by Crippen LogP contribution is -2.52. The number of unbranched alkanes of at least 4 members (excludes halogenated alkanes) is 5. The molecule has 4 aromatic rings. The van der Waals surface area contributed by atoms with Gasteiger partial charge in [0.1, 0.15) is 16.8 Å². The third-order valence-corrected chi connectivity index (χ3v) is 13.9. The molecule has 332 valence electrons. The first-order chi connectivity index (χ1) is 30.6. The van der Waals surface area contributed by atoms with E-state index in [4.69, 9.17) is 25.4 Å². The Morgan fingerprint density at radius 1 is 0.905 bits per heavy atom. The monoisotopic (exact) mass is 896 g/mol. The lowest BCUT2D eigenvalue weighted by atomic mass is 10.0. The molecule has 17 heteroatoms. The number of para-hydroxylation sites is 1. The summed E-state index contributed by atoms with van der Waals surface area (Å²) in [6.45, 7) is 3.21. The number of piperidine rings is 2. The van der Waals surface area contributed by atoms with Crippen LogP contribution in [-0.2, 0) is 29.7 Å². The van der Waals surface area contributed by atoms with E-state index >= 15 is 0 Å². The molecule has 1 unspecified atom stereocenters. The van der Waals surface area contributed by atoms with Crippen molar-refractivity contribution in [2.45, 2.75) is 82.8 Å². The van der Waals surface area contributed by atoms with Crippen LogP contribution >= 0.6 is 19.2 Å². The van der Waals surface area contributed by atoms with E-state index < -0.39 is 19.5 Å². The zero-order valence-electron chi connectivity index (χ0n) is 35.9. The fourth-order valence-electron chi connectivity index (χ4n) is 8.21. The van der Waals surface area contributed by atoms with Crippen LogP contribution in [0.2, 0.25) is 5.02 Å². The number of ether oxygens (including phenoxy) is 1. The van der Waals surface area contributed by atoms with Crippen LogP contribution in [0, 0.1) is 11.8 Å². The predicted molar refractivity (Wildman–Crippen MR) is 245 cm³/mol. The number of halogens is 1. The summed E-state index contributed by atoms with van der Waals surface area (Å²) < 4.78 is 29.4. The molecule has 3 aliphatic rings. The lowest BCUT2D eigenvalue weighted by Gasteiger charge is -2.34. The molecule has 0 bridgehead atoms. The third-order valence-electron chi connectivity index (χ3n) is 11.7. The van der Waals surface area contributed by atoms with E-state index in [2.05, 4.69) is 54.0 Å². The van der Waals surface area contributed by atoms with Gasteiger partial charge in [0, 0.05) is 75.6 Å². The van der Waals surface area contributed by atoms with Gasteiger partial charge in [-0.2, -0.15) is 4.98 Å². The van der Waals surface area contributed by atoms with Crippen LogP contribution in [0.3, 0.4) is 0 Å². The van der Waals surface area contributed by atoms with Crippen molar-refractivity contribution >= 4 is 71.1 Å². The number of nitrogens with zero attached hydrogens (tertiary/aromatic N) is 4. The van der Waals surface area contributed by atoms with Gasteiger partial charge in [-0.05, 0) is 80.6 Å². The second kappa shape index (κ2) is 21.3. The van der Waals surface area contributed by atoms with Gasteiger partial charge in [0.15, 0.2) is 5.82 Å². The summed E-state index contributed by atoms with van der Waals surface area (Å²) in [7, 11) is 0.744. The van der Waals surface area contributed by atoms with Crippen LogP contribution in [0.5, 0.6) is 5.75 Å². The zero-order valence-corrected chi connectivity index (χ0v) is 37.5. The summed E-state index contributed by atoms with van der Waals surface area (Å²) in [5.74, 6) is 6.95. The molecule has 7 rings (SSSR count). The number of nitrogens with one attached hydrogen (secondary N) is 4. The fraction of sp³-hybridized carbons (Fsp3) is 0.413. The maximum absolute atomic E-state index is 13.2. The van der Waals surface area contributed by atoms with Crippen LogP contribution in [0.1, 0.15) is 85.7 Å². The van der Waals surface area contributed by atoms with E-state index in [0.29, 0.717) is 58.8 Å². The molecule has 3 amide bonds. The lowest BCUT2D eigenvalue weighted by molar-refractivity contribution is -0.136. The summed E-state index contributed by atoms with van der Waals surface area (Å²) in [5, 5.41) is 13.1. The molecule has 0 aliphatic carbocycles. The van der Waals surface area contributed by atoms with Gasteiger partial charge in [-0.3, -0.25) is 24.3 Å². The molecular weight excluding hydrogens is 843 g/mol. The Kier molecular flexibility index (Phi) is 15.4. The molecule has 2 fully saturated rings. The molecule has 0 saturated carbocycles. The minimum absolute atomic E-state index is 0.177. The first-order valence-electron chi connectivity index (χ1n) is 21.4. The van der Waals surface area contributed by atoms with Crippen molar-refractivity contribution in [3.05, 3.63) is 88.6 Å². The number of hydrogen-bond donors (Lipinski definition) is 4. The summed E-state index contributed by atoms with van der Waals surface area (Å²) in [4.78, 5) is 50.0. The maximum Gasteiger partial charge on any atom is 0.362 e. The quantitative estimate of drug-likeness (QED) is 0.0336. The molecular formula is C46H54ClN8O7P. The molecule has 0 radical (unpaired) electrons. The Morgan fingerprint density at radius 2 is 1.68 bits per heavy atom. The van der Waals surface area contributed by atoms with Crippen LogP contribution in [0.15, 0.2) is 66.9 Å². The van der Waals surface area contributed by atoms with Crippen LogP contribution < -0.4 is 36.2 Å². The Hall–Kier alpha value is -5.49. The van der Waals surface area contributed by atoms with Gasteiger partial charge in [0.05, 0.1) is 30.0 Å². The first-order valence-corrected chi connectivity index (χ1v) is 23.3. The van der Waals surface area contributed by atoms with E-state index in [9.17, 15) is 18.9 Å². The van der Waals surface area contributed by atoms with Crippen molar-refractivity contribution in [2.24, 2.45) is 0 Å². The highest BCUT2D eigenvalue weighted by Crippen LogP contribution is 2.47. The number of carbonyl (C=O) groups excluding carboxylic acids is 3. The van der Waals surface area contributed by atoms with Crippen molar-refractivity contribution < 1.29 is 32.7 Å². The SMILES string of the molecule is COc1cc(N2CCC(NCCCCCCCC#Cc3cccc4c3CN(C3CCC(=O)NC3=O)C4=O)CC2)ccc1Nc1ncc(Cl)c(Nc2ccccc2P(=O)(OC)OC)n1. The average Bonchev–Trinajstić information content (AvgIpc) is 3.64. The Bertz CT molecular complexity index is 2410. The summed E-state index contributed by atoms with van der Waals surface area (Å²) >= 11 is 6.47. The average molecular weight is 897 g/mol. The number of amides is 3. The third kappa shape index (κ3) is 11.0. The molecule has 1 aromatic heterocycles. The topological polar surface area (TPSA) is 176 Å². The van der Waals surface area contributed by atoms with E-state index in [-0.39, 0.29) is 23.3 Å². The van der Waals surface area contributed by atoms with Gasteiger partial charge < -0.3 is 39.5 Å². The number of aromatic nitrogens is 2. The Balaban J connectivity index is 0.807. The number of rotatable bonds is 18. The number of methoxy groups -OCH3 is 1. The highest BCUT2D eigenvalue weighted by Gasteiger charge is 2.39. The summed E-state index contributed by atoms with van der Waals surface area (Å²) in [5.41, 5.74) is 4.53. The maximum atomic E-state index is 13.2. The van der Waals surface area contributed by atoms with E-state index in [0.717, 1.165) is 81.4 Å². The van der Waals surface area contributed by atoms with Gasteiger partial charge in [0.25, 0.3) is 5.91 Å². The van der Waals surface area contributed by atoms with Gasteiger partial charge in [0.2, 0.25) is 17.8 Å². The smallest absolute Gasteiger partial charge is 0.362 e. The first kappa shape index (κ1) is 45.5. The van der Waals surface area contributed by atoms with Crippen molar-refractivity contribution in [1.82, 2.24) is 25.5 Å². The molecule has 3 aromatic carbocycles. The fourth-order valence-corrected chi connectivity index (χ4v) is 9.58. The zero-order chi connectivity index (χ0) is 44.3. The second-order valence-electron chi connectivity index (χ2n) is 15.7. The van der Waals surface area contributed by atoms with Gasteiger partial charge in [-0.1, -0.05) is 60.9 Å².